The van der Waals surface area contributed by atoms with Crippen molar-refractivity contribution in [2.75, 3.05) is 38.3 Å². The van der Waals surface area contributed by atoms with Crippen LogP contribution in [-0.4, -0.2) is 49.2 Å². The summed E-state index contributed by atoms with van der Waals surface area (Å²) in [7, 11) is 1.63. The van der Waals surface area contributed by atoms with E-state index in [2.05, 4.69) is 20.2 Å². The van der Waals surface area contributed by atoms with Crippen LogP contribution in [-0.2, 0) is 9.53 Å². The van der Waals surface area contributed by atoms with Crippen LogP contribution in [0.3, 0.4) is 0 Å². The molecule has 6 nitrogen and oxygen atoms in total. The van der Waals surface area contributed by atoms with Gasteiger partial charge in [-0.2, -0.15) is 0 Å². The quantitative estimate of drug-likeness (QED) is 0.822. The van der Waals surface area contributed by atoms with Gasteiger partial charge in [0.05, 0.1) is 12.5 Å². The van der Waals surface area contributed by atoms with Gasteiger partial charge in [0.25, 0.3) is 0 Å². The standard InChI is InChI=1S/C15H24N4O2/c1-11-9-12(2)18-15(17-11)19-7-4-5-13(10-19)14(20)16-6-8-21-3/h9,13H,4-8,10H2,1-3H3,(H,16,20)/t13-/m0/s1. The summed E-state index contributed by atoms with van der Waals surface area (Å²) in [6.45, 7) is 6.63. The van der Waals surface area contributed by atoms with E-state index in [0.29, 0.717) is 19.7 Å². The second kappa shape index (κ2) is 7.36. The molecule has 2 heterocycles. The zero-order valence-electron chi connectivity index (χ0n) is 13.1. The van der Waals surface area contributed by atoms with Gasteiger partial charge in [-0.15, -0.1) is 0 Å². The topological polar surface area (TPSA) is 67.3 Å². The number of nitrogens with one attached hydrogen (secondary N) is 1. The fraction of sp³-hybridized carbons (Fsp3) is 0.667. The van der Waals surface area contributed by atoms with E-state index in [9.17, 15) is 4.79 Å². The molecule has 1 amide bonds. The molecule has 0 saturated carbocycles. The maximum Gasteiger partial charge on any atom is 0.225 e. The molecule has 1 saturated heterocycles. The van der Waals surface area contributed by atoms with Crippen molar-refractivity contribution in [3.63, 3.8) is 0 Å². The summed E-state index contributed by atoms with van der Waals surface area (Å²) in [5.74, 6) is 0.836. The Balaban J connectivity index is 1.98. The van der Waals surface area contributed by atoms with Crippen LogP contribution in [0.2, 0.25) is 0 Å². The lowest BCUT2D eigenvalue weighted by molar-refractivity contribution is -0.125. The summed E-state index contributed by atoms with van der Waals surface area (Å²) >= 11 is 0. The first-order valence-electron chi connectivity index (χ1n) is 7.44. The number of anilines is 1. The molecule has 21 heavy (non-hydrogen) atoms. The number of hydrogen-bond acceptors (Lipinski definition) is 5. The highest BCUT2D eigenvalue weighted by Gasteiger charge is 2.27. The van der Waals surface area contributed by atoms with E-state index < -0.39 is 0 Å². The molecule has 1 aliphatic heterocycles. The molecule has 6 heteroatoms. The first kappa shape index (κ1) is 15.7. The molecule has 116 valence electrons. The molecule has 0 bridgehead atoms. The maximum absolute atomic E-state index is 12.1. The minimum Gasteiger partial charge on any atom is -0.383 e. The molecule has 1 N–H and O–H groups in total. The summed E-state index contributed by atoms with van der Waals surface area (Å²) in [5.41, 5.74) is 1.92. The van der Waals surface area contributed by atoms with Crippen molar-refractivity contribution in [2.45, 2.75) is 26.7 Å². The van der Waals surface area contributed by atoms with Gasteiger partial charge in [0.2, 0.25) is 11.9 Å². The van der Waals surface area contributed by atoms with Crippen molar-refractivity contribution < 1.29 is 9.53 Å². The second-order valence-electron chi connectivity index (χ2n) is 5.52. The highest BCUT2D eigenvalue weighted by atomic mass is 16.5. The van der Waals surface area contributed by atoms with Crippen molar-refractivity contribution >= 4 is 11.9 Å². The Morgan fingerprint density at radius 3 is 2.81 bits per heavy atom. The lowest BCUT2D eigenvalue weighted by Crippen LogP contribution is -2.44. The van der Waals surface area contributed by atoms with Gasteiger partial charge in [0.15, 0.2) is 0 Å². The van der Waals surface area contributed by atoms with E-state index in [0.717, 1.165) is 36.7 Å². The minimum atomic E-state index is 0.0000227. The Morgan fingerprint density at radius 1 is 1.43 bits per heavy atom. The summed E-state index contributed by atoms with van der Waals surface area (Å²) in [6, 6.07) is 1.96. The molecule has 1 fully saturated rings. The third-order valence-corrected chi connectivity index (χ3v) is 3.65. The van der Waals surface area contributed by atoms with Crippen LogP contribution >= 0.6 is 0 Å². The van der Waals surface area contributed by atoms with Crippen LogP contribution in [0.15, 0.2) is 6.07 Å². The lowest BCUT2D eigenvalue weighted by Gasteiger charge is -2.32. The van der Waals surface area contributed by atoms with Gasteiger partial charge >= 0.3 is 0 Å². The molecular formula is C15H24N4O2. The van der Waals surface area contributed by atoms with Crippen molar-refractivity contribution in [1.29, 1.82) is 0 Å². The number of rotatable bonds is 5. The zero-order chi connectivity index (χ0) is 15.2. The number of methoxy groups -OCH3 is 1. The predicted molar refractivity (Wildman–Crippen MR) is 81.3 cm³/mol. The second-order valence-corrected chi connectivity index (χ2v) is 5.52. The SMILES string of the molecule is COCCNC(=O)[C@H]1CCCN(c2nc(C)cc(C)n2)C1. The molecule has 0 radical (unpaired) electrons. The van der Waals surface area contributed by atoms with Gasteiger partial charge in [-0.1, -0.05) is 0 Å². The number of aromatic nitrogens is 2. The van der Waals surface area contributed by atoms with E-state index in [4.69, 9.17) is 4.74 Å². The third kappa shape index (κ3) is 4.39. The number of ether oxygens (including phenoxy) is 1. The Bertz CT molecular complexity index is 472. The Labute approximate surface area is 125 Å². The van der Waals surface area contributed by atoms with Gasteiger partial charge in [-0.25, -0.2) is 9.97 Å². The molecule has 0 aromatic carbocycles. The van der Waals surface area contributed by atoms with Crippen molar-refractivity contribution in [3.8, 4) is 0 Å². The average molecular weight is 292 g/mol. The van der Waals surface area contributed by atoms with E-state index in [1.165, 1.54) is 0 Å². The average Bonchev–Trinajstić information content (AvgIpc) is 2.46. The van der Waals surface area contributed by atoms with Crippen LogP contribution in [0.4, 0.5) is 5.95 Å². The summed E-state index contributed by atoms with van der Waals surface area (Å²) in [4.78, 5) is 23.2. The van der Waals surface area contributed by atoms with Crippen molar-refractivity contribution in [3.05, 3.63) is 17.5 Å². The lowest BCUT2D eigenvalue weighted by atomic mass is 9.97. The van der Waals surface area contributed by atoms with Gasteiger partial charge in [0, 0.05) is 38.1 Å². The van der Waals surface area contributed by atoms with Gasteiger partial charge in [0.1, 0.15) is 0 Å². The molecular weight excluding hydrogens is 268 g/mol. The number of carbonyl (C=O) groups is 1. The van der Waals surface area contributed by atoms with E-state index in [-0.39, 0.29) is 11.8 Å². The van der Waals surface area contributed by atoms with Crippen molar-refractivity contribution in [1.82, 2.24) is 15.3 Å². The van der Waals surface area contributed by atoms with Crippen LogP contribution in [0.5, 0.6) is 0 Å². The maximum atomic E-state index is 12.1. The number of amides is 1. The number of nitrogens with zero attached hydrogens (tertiary/aromatic N) is 3. The number of aryl methyl sites for hydroxylation is 2. The molecule has 1 aromatic rings. The van der Waals surface area contributed by atoms with E-state index in [1.54, 1.807) is 7.11 Å². The molecule has 0 spiro atoms. The predicted octanol–water partition coefficient (Wildman–Crippen LogP) is 1.07. The van der Waals surface area contributed by atoms with E-state index in [1.807, 2.05) is 19.9 Å². The first-order chi connectivity index (χ1) is 10.1. The van der Waals surface area contributed by atoms with Gasteiger partial charge in [-0.05, 0) is 32.8 Å². The third-order valence-electron chi connectivity index (χ3n) is 3.65. The first-order valence-corrected chi connectivity index (χ1v) is 7.44. The smallest absolute Gasteiger partial charge is 0.225 e. The molecule has 0 aliphatic carbocycles. The van der Waals surface area contributed by atoms with Crippen LogP contribution in [0.25, 0.3) is 0 Å². The molecule has 1 aromatic heterocycles. The van der Waals surface area contributed by atoms with Crippen molar-refractivity contribution in [2.24, 2.45) is 5.92 Å². The van der Waals surface area contributed by atoms with Crippen LogP contribution in [0, 0.1) is 19.8 Å². The zero-order valence-corrected chi connectivity index (χ0v) is 13.1. The van der Waals surface area contributed by atoms with Crippen LogP contribution in [0.1, 0.15) is 24.2 Å². The van der Waals surface area contributed by atoms with Gasteiger partial charge in [-0.3, -0.25) is 4.79 Å². The highest BCUT2D eigenvalue weighted by Crippen LogP contribution is 2.21. The molecule has 1 aliphatic rings. The Kier molecular flexibility index (Phi) is 5.50. The number of carbonyl (C=O) groups excluding carboxylic acids is 1. The molecule has 2 rings (SSSR count). The monoisotopic (exact) mass is 292 g/mol. The Morgan fingerprint density at radius 2 is 2.14 bits per heavy atom. The fourth-order valence-electron chi connectivity index (χ4n) is 2.64. The Hall–Kier alpha value is -1.69. The summed E-state index contributed by atoms with van der Waals surface area (Å²) in [6.07, 6.45) is 1.90. The molecule has 1 atom stereocenters. The van der Waals surface area contributed by atoms with E-state index >= 15 is 0 Å². The fourth-order valence-corrected chi connectivity index (χ4v) is 2.64. The number of piperidine rings is 1. The minimum absolute atomic E-state index is 0.0000227. The van der Waals surface area contributed by atoms with Gasteiger partial charge < -0.3 is 15.0 Å². The van der Waals surface area contributed by atoms with Crippen LogP contribution < -0.4 is 10.2 Å². The summed E-state index contributed by atoms with van der Waals surface area (Å²) < 4.78 is 4.95. The largest absolute Gasteiger partial charge is 0.383 e. The normalized spacial score (nSPS) is 18.6. The molecule has 0 unspecified atom stereocenters. The number of hydrogen-bond donors (Lipinski definition) is 1. The summed E-state index contributed by atoms with van der Waals surface area (Å²) in [5, 5.41) is 2.92. The highest BCUT2D eigenvalue weighted by molar-refractivity contribution is 5.79.